The van der Waals surface area contributed by atoms with Crippen molar-refractivity contribution in [2.45, 2.75) is 431 Å². The molecule has 91 heavy (non-hydrogen) atoms. The minimum Gasteiger partial charge on any atom is -0.306 e. The Morgan fingerprint density at radius 3 is 0.549 bits per heavy atom. The third-order valence-corrected chi connectivity index (χ3v) is 25.7. The number of piperidine rings is 1. The van der Waals surface area contributed by atoms with Gasteiger partial charge >= 0.3 is 0 Å². The van der Waals surface area contributed by atoms with Crippen molar-refractivity contribution in [1.29, 1.82) is 0 Å². The molecular formula is C89H180N2. The minimum absolute atomic E-state index is 0.525. The SMILES string of the molecule is CC(C)(C)C1CCCC1.CC(C)(C)C1CCCC1.CC(C)(C)C1CCCC1.CC(C)(C)C1CCCCC1.CC(C)(C)C1CCCCC1.CC(C)(C)C1CCCCC1.CC1CCC(C(C)(C)C)C1.CN(C)C1CCC(C(C)(C)C)CC1.CN1CCC(C(C)(C)C)CC1. The molecule has 8 aliphatic carbocycles. The zero-order chi connectivity index (χ0) is 69.9. The maximum atomic E-state index is 2.43. The van der Waals surface area contributed by atoms with Gasteiger partial charge in [-0.2, -0.15) is 0 Å². The minimum atomic E-state index is 0.525. The molecule has 0 radical (unpaired) electrons. The third-order valence-electron chi connectivity index (χ3n) is 25.7. The molecule has 1 aliphatic heterocycles. The van der Waals surface area contributed by atoms with E-state index in [-0.39, 0.29) is 0 Å². The zero-order valence-corrected chi connectivity index (χ0v) is 69.6. The molecule has 2 unspecified atom stereocenters. The third kappa shape index (κ3) is 39.9. The van der Waals surface area contributed by atoms with Crippen molar-refractivity contribution in [3.63, 3.8) is 0 Å². The van der Waals surface area contributed by atoms with Gasteiger partial charge in [-0.1, -0.05) is 297 Å². The predicted octanol–water partition coefficient (Wildman–Crippen LogP) is 29.5. The Hall–Kier alpha value is -0.0800. The summed E-state index contributed by atoms with van der Waals surface area (Å²) in [6, 6.07) is 0.846. The Kier molecular flexibility index (Phi) is 40.5. The summed E-state index contributed by atoms with van der Waals surface area (Å²) in [4.78, 5) is 4.82. The molecule has 9 fully saturated rings. The van der Waals surface area contributed by atoms with Crippen molar-refractivity contribution >= 4 is 0 Å². The van der Waals surface area contributed by atoms with E-state index >= 15 is 0 Å². The number of likely N-dealkylation sites (tertiary alicyclic amines) is 1. The Labute approximate surface area is 579 Å². The highest BCUT2D eigenvalue weighted by atomic mass is 15.1. The highest BCUT2D eigenvalue weighted by Crippen LogP contribution is 2.45. The highest BCUT2D eigenvalue weighted by molar-refractivity contribution is 4.86. The van der Waals surface area contributed by atoms with E-state index in [4.69, 9.17) is 0 Å². The number of nitrogens with zero attached hydrogens (tertiary/aromatic N) is 2. The molecular weight excluding hydrogens is 1100 g/mol. The van der Waals surface area contributed by atoms with Crippen LogP contribution in [0.1, 0.15) is 425 Å². The van der Waals surface area contributed by atoms with Crippen LogP contribution >= 0.6 is 0 Å². The molecule has 0 amide bonds. The predicted molar refractivity (Wildman–Crippen MR) is 417 cm³/mol. The molecule has 9 aliphatic rings. The van der Waals surface area contributed by atoms with Gasteiger partial charge in [-0.05, 0) is 271 Å². The van der Waals surface area contributed by atoms with Crippen molar-refractivity contribution in [2.75, 3.05) is 34.2 Å². The molecule has 0 aromatic heterocycles. The summed E-state index contributed by atoms with van der Waals surface area (Å²) in [6.07, 6.45) is 52.6. The van der Waals surface area contributed by atoms with E-state index in [0.717, 1.165) is 65.2 Å². The fraction of sp³-hybridized carbons (Fsp3) is 1.00. The second-order valence-corrected chi connectivity index (χ2v) is 42.9. The van der Waals surface area contributed by atoms with Crippen molar-refractivity contribution in [3.05, 3.63) is 0 Å². The zero-order valence-electron chi connectivity index (χ0n) is 69.6. The van der Waals surface area contributed by atoms with E-state index < -0.39 is 0 Å². The average molecular weight is 1280 g/mol. The van der Waals surface area contributed by atoms with Crippen molar-refractivity contribution in [2.24, 2.45) is 108 Å². The van der Waals surface area contributed by atoms with E-state index in [1.807, 2.05) is 0 Å². The first-order valence-electron chi connectivity index (χ1n) is 40.9. The van der Waals surface area contributed by atoms with Crippen LogP contribution in [0.15, 0.2) is 0 Å². The van der Waals surface area contributed by atoms with E-state index in [9.17, 15) is 0 Å². The van der Waals surface area contributed by atoms with Gasteiger partial charge in [0.25, 0.3) is 0 Å². The maximum absolute atomic E-state index is 2.43. The van der Waals surface area contributed by atoms with Crippen LogP contribution in [-0.2, 0) is 0 Å². The van der Waals surface area contributed by atoms with E-state index in [1.165, 1.54) is 244 Å². The van der Waals surface area contributed by atoms with Gasteiger partial charge in [-0.15, -0.1) is 0 Å². The van der Waals surface area contributed by atoms with Crippen molar-refractivity contribution < 1.29 is 0 Å². The van der Waals surface area contributed by atoms with Crippen LogP contribution in [-0.4, -0.2) is 50.1 Å². The molecule has 0 spiro atoms. The Bertz CT molecular complexity index is 1570. The smallest absolute Gasteiger partial charge is 0.00893 e. The Morgan fingerprint density at radius 2 is 0.396 bits per heavy atom. The summed E-state index contributed by atoms with van der Waals surface area (Å²) in [7, 11) is 6.64. The number of hydrogen-bond donors (Lipinski definition) is 0. The lowest BCUT2D eigenvalue weighted by Gasteiger charge is -2.39. The lowest BCUT2D eigenvalue weighted by molar-refractivity contribution is 0.124. The first-order chi connectivity index (χ1) is 41.5. The normalized spacial score (nSPS) is 25.6. The summed E-state index contributed by atoms with van der Waals surface area (Å²) >= 11 is 0. The lowest BCUT2D eigenvalue weighted by atomic mass is 9.71. The molecule has 9 rings (SSSR count). The number of hydrogen-bond acceptors (Lipinski definition) is 2. The van der Waals surface area contributed by atoms with Gasteiger partial charge in [0, 0.05) is 6.04 Å². The molecule has 8 saturated carbocycles. The summed E-state index contributed by atoms with van der Waals surface area (Å²) in [6.45, 7) is 69.0. The van der Waals surface area contributed by atoms with Gasteiger partial charge in [0.2, 0.25) is 0 Å². The molecule has 1 saturated heterocycles. The van der Waals surface area contributed by atoms with Crippen LogP contribution in [0.3, 0.4) is 0 Å². The van der Waals surface area contributed by atoms with Gasteiger partial charge < -0.3 is 9.80 Å². The van der Waals surface area contributed by atoms with Crippen LogP contribution in [0.5, 0.6) is 0 Å². The standard InChI is InChI=1S/C12H25N.C10H21N.4C10H20.3C9H18/c1-12(2,3)10-6-8-11(9-7-10)13(4)5;1-10(2,3)9-5-7-11(4)8-6-9;1-8-5-6-9(7-8)10(2,3)4;3*1-10(2,3)9-7-5-4-6-8-9;3*1-9(2,3)8-6-4-5-7-8/h10-11H,6-9H2,1-5H3;9H,5-8H2,1-4H3;8-9H,5-7H2,1-4H3;3*9H,4-8H2,1-3H3;3*8H,4-7H2,1-3H3. The molecule has 2 atom stereocenters. The topological polar surface area (TPSA) is 6.48 Å². The first kappa shape index (κ1) is 88.9. The van der Waals surface area contributed by atoms with Crippen LogP contribution in [0, 0.1) is 108 Å². The van der Waals surface area contributed by atoms with Crippen LogP contribution in [0.25, 0.3) is 0 Å². The molecule has 0 aromatic rings. The second-order valence-electron chi connectivity index (χ2n) is 42.9. The largest absolute Gasteiger partial charge is 0.306 e. The molecule has 0 N–H and O–H groups in total. The lowest BCUT2D eigenvalue weighted by Crippen LogP contribution is -2.35. The molecule has 2 heteroatoms. The fourth-order valence-electron chi connectivity index (χ4n) is 17.6. The quantitative estimate of drug-likeness (QED) is 0.258. The second kappa shape index (κ2) is 41.5. The monoisotopic (exact) mass is 1280 g/mol. The highest BCUT2D eigenvalue weighted by Gasteiger charge is 2.34. The van der Waals surface area contributed by atoms with Crippen molar-refractivity contribution in [1.82, 2.24) is 9.80 Å². The van der Waals surface area contributed by atoms with Gasteiger partial charge in [0.15, 0.2) is 0 Å². The van der Waals surface area contributed by atoms with Gasteiger partial charge in [-0.25, -0.2) is 0 Å². The molecule has 1 heterocycles. The van der Waals surface area contributed by atoms with Crippen LogP contribution in [0.4, 0.5) is 0 Å². The van der Waals surface area contributed by atoms with Crippen LogP contribution in [0.2, 0.25) is 0 Å². The van der Waals surface area contributed by atoms with Gasteiger partial charge in [0.05, 0.1) is 0 Å². The van der Waals surface area contributed by atoms with E-state index in [0.29, 0.717) is 48.7 Å². The molecule has 546 valence electrons. The van der Waals surface area contributed by atoms with E-state index in [2.05, 4.69) is 225 Å². The molecule has 0 aromatic carbocycles. The first-order valence-corrected chi connectivity index (χ1v) is 40.9. The summed E-state index contributed by atoms with van der Waals surface area (Å²) in [5.74, 6) is 9.91. The number of rotatable bonds is 1. The molecule has 2 nitrogen and oxygen atoms in total. The fourth-order valence-corrected chi connectivity index (χ4v) is 17.6. The Morgan fingerprint density at radius 1 is 0.220 bits per heavy atom. The van der Waals surface area contributed by atoms with Crippen molar-refractivity contribution in [3.8, 4) is 0 Å². The average Bonchev–Trinajstić information content (AvgIpc) is 2.72. The summed E-state index contributed by atoms with van der Waals surface area (Å²) in [5, 5.41) is 0. The van der Waals surface area contributed by atoms with Gasteiger partial charge in [-0.3, -0.25) is 0 Å². The summed E-state index contributed by atoms with van der Waals surface area (Å²) < 4.78 is 0. The van der Waals surface area contributed by atoms with Gasteiger partial charge in [0.1, 0.15) is 0 Å². The molecule has 0 bridgehead atoms. The van der Waals surface area contributed by atoms with E-state index in [1.54, 1.807) is 0 Å². The maximum Gasteiger partial charge on any atom is 0.00893 e. The summed E-state index contributed by atoms with van der Waals surface area (Å²) in [5.41, 5.74) is 5.06. The van der Waals surface area contributed by atoms with Crippen LogP contribution < -0.4 is 0 Å². The Balaban J connectivity index is 0.000000513.